The van der Waals surface area contributed by atoms with Crippen molar-refractivity contribution in [3.05, 3.63) is 59.1 Å². The number of rotatable bonds is 5. The molecule has 7 nitrogen and oxygen atoms in total. The number of anilines is 2. The summed E-state index contributed by atoms with van der Waals surface area (Å²) in [6, 6.07) is 14.1. The van der Waals surface area contributed by atoms with Gasteiger partial charge in [-0.25, -0.2) is 9.78 Å². The molecule has 2 N–H and O–H groups in total. The molecule has 2 aromatic carbocycles. The lowest BCUT2D eigenvalue weighted by Gasteiger charge is -2.09. The summed E-state index contributed by atoms with van der Waals surface area (Å²) in [4.78, 5) is 28.8. The molecule has 0 spiro atoms. The van der Waals surface area contributed by atoms with E-state index in [1.807, 2.05) is 30.3 Å². The summed E-state index contributed by atoms with van der Waals surface area (Å²) in [6.07, 6.45) is -0.650. The van der Waals surface area contributed by atoms with Crippen LogP contribution in [0.3, 0.4) is 0 Å². The Bertz CT molecular complexity index is 1010. The van der Waals surface area contributed by atoms with E-state index in [1.54, 1.807) is 12.1 Å². The predicted octanol–water partition coefficient (Wildman–Crippen LogP) is 4.90. The van der Waals surface area contributed by atoms with Crippen LogP contribution >= 0.6 is 22.9 Å². The minimum Gasteiger partial charge on any atom is -0.496 e. The third-order valence-electron chi connectivity index (χ3n) is 3.70. The van der Waals surface area contributed by atoms with Crippen molar-refractivity contribution in [1.82, 2.24) is 4.98 Å². The van der Waals surface area contributed by atoms with Crippen molar-refractivity contribution in [3.8, 4) is 17.0 Å². The summed E-state index contributed by atoms with van der Waals surface area (Å²) in [5.41, 5.74) is 1.58. The van der Waals surface area contributed by atoms with Gasteiger partial charge in [0.15, 0.2) is 5.13 Å². The van der Waals surface area contributed by atoms with Gasteiger partial charge in [-0.3, -0.25) is 10.1 Å². The molecule has 0 atom stereocenters. The quantitative estimate of drug-likeness (QED) is 0.616. The Hall–Kier alpha value is -3.10. The molecule has 0 bridgehead atoms. The predicted molar refractivity (Wildman–Crippen MR) is 110 cm³/mol. The van der Waals surface area contributed by atoms with Crippen LogP contribution in [0.1, 0.15) is 10.4 Å². The number of hydrogen-bond donors (Lipinski definition) is 2. The van der Waals surface area contributed by atoms with Crippen LogP contribution in [0.15, 0.2) is 48.5 Å². The van der Waals surface area contributed by atoms with Crippen LogP contribution in [0.5, 0.6) is 5.75 Å². The highest BCUT2D eigenvalue weighted by Crippen LogP contribution is 2.36. The van der Waals surface area contributed by atoms with Crippen LogP contribution < -0.4 is 15.4 Å². The minimum absolute atomic E-state index is 0.282. The largest absolute Gasteiger partial charge is 0.496 e. The van der Waals surface area contributed by atoms with Gasteiger partial charge in [0.05, 0.1) is 19.8 Å². The zero-order chi connectivity index (χ0) is 20.1. The lowest BCUT2D eigenvalue weighted by atomic mass is 10.1. The number of thiazole rings is 1. The third kappa shape index (κ3) is 4.41. The van der Waals surface area contributed by atoms with Crippen LogP contribution in [0.2, 0.25) is 5.02 Å². The highest BCUT2D eigenvalue weighted by Gasteiger charge is 2.20. The molecule has 9 heteroatoms. The molecule has 2 amide bonds. The van der Waals surface area contributed by atoms with Crippen molar-refractivity contribution in [2.45, 2.75) is 0 Å². The van der Waals surface area contributed by atoms with E-state index in [1.165, 1.54) is 20.3 Å². The number of halogens is 1. The second-order valence-electron chi connectivity index (χ2n) is 5.48. The van der Waals surface area contributed by atoms with Gasteiger partial charge in [0.1, 0.15) is 16.4 Å². The van der Waals surface area contributed by atoms with Crippen LogP contribution in [-0.4, -0.2) is 31.2 Å². The zero-order valence-electron chi connectivity index (χ0n) is 15.0. The number of hydrogen-bond acceptors (Lipinski definition) is 6. The number of benzene rings is 2. The van der Waals surface area contributed by atoms with Crippen LogP contribution in [-0.2, 0) is 4.74 Å². The summed E-state index contributed by atoms with van der Waals surface area (Å²) in [6.45, 7) is 0. The van der Waals surface area contributed by atoms with E-state index in [9.17, 15) is 9.59 Å². The number of ether oxygens (including phenoxy) is 2. The number of amides is 2. The van der Waals surface area contributed by atoms with Crippen molar-refractivity contribution in [2.75, 3.05) is 24.9 Å². The lowest BCUT2D eigenvalue weighted by Crippen LogP contribution is -2.13. The fourth-order valence-electron chi connectivity index (χ4n) is 2.42. The molecule has 3 rings (SSSR count). The highest BCUT2D eigenvalue weighted by atomic mass is 35.5. The lowest BCUT2D eigenvalue weighted by molar-refractivity contribution is 0.102. The van der Waals surface area contributed by atoms with E-state index in [4.69, 9.17) is 16.3 Å². The van der Waals surface area contributed by atoms with Crippen molar-refractivity contribution in [2.24, 2.45) is 0 Å². The van der Waals surface area contributed by atoms with E-state index in [2.05, 4.69) is 20.4 Å². The molecule has 0 saturated carbocycles. The second kappa shape index (κ2) is 8.73. The summed E-state index contributed by atoms with van der Waals surface area (Å²) >= 11 is 7.13. The van der Waals surface area contributed by atoms with Gasteiger partial charge >= 0.3 is 6.09 Å². The monoisotopic (exact) mass is 417 g/mol. The fraction of sp³-hybridized carbons (Fsp3) is 0.105. The number of nitrogens with zero attached hydrogens (tertiary/aromatic N) is 1. The average molecular weight is 418 g/mol. The van der Waals surface area contributed by atoms with Crippen molar-refractivity contribution in [1.29, 1.82) is 0 Å². The Morgan fingerprint density at radius 2 is 1.82 bits per heavy atom. The van der Waals surface area contributed by atoms with Gasteiger partial charge in [0.25, 0.3) is 5.91 Å². The molecule has 0 radical (unpaired) electrons. The number of carbonyl (C=O) groups is 2. The first-order chi connectivity index (χ1) is 13.5. The number of methoxy groups -OCH3 is 2. The van der Waals surface area contributed by atoms with E-state index in [-0.39, 0.29) is 5.56 Å². The maximum Gasteiger partial charge on any atom is 0.413 e. The second-order valence-corrected chi connectivity index (χ2v) is 6.91. The van der Waals surface area contributed by atoms with Gasteiger partial charge in [-0.15, -0.1) is 0 Å². The normalized spacial score (nSPS) is 10.2. The molecule has 1 aromatic heterocycles. The number of carbonyl (C=O) groups excluding carboxylic acids is 2. The summed E-state index contributed by atoms with van der Waals surface area (Å²) < 4.78 is 9.84. The Balaban J connectivity index is 1.97. The molecule has 0 aliphatic rings. The summed E-state index contributed by atoms with van der Waals surface area (Å²) in [5, 5.41) is 6.50. The fourth-order valence-corrected chi connectivity index (χ4v) is 3.46. The van der Waals surface area contributed by atoms with Crippen molar-refractivity contribution < 1.29 is 19.1 Å². The van der Waals surface area contributed by atoms with Gasteiger partial charge < -0.3 is 14.8 Å². The molecular weight excluding hydrogens is 402 g/mol. The van der Waals surface area contributed by atoms with Crippen molar-refractivity contribution >= 4 is 45.1 Å². The van der Waals surface area contributed by atoms with E-state index < -0.39 is 12.0 Å². The minimum atomic E-state index is -0.650. The van der Waals surface area contributed by atoms with Crippen LogP contribution in [0.4, 0.5) is 14.9 Å². The topological polar surface area (TPSA) is 89.5 Å². The maximum absolute atomic E-state index is 12.8. The Morgan fingerprint density at radius 1 is 1.07 bits per heavy atom. The van der Waals surface area contributed by atoms with E-state index >= 15 is 0 Å². The van der Waals surface area contributed by atoms with Gasteiger partial charge in [-0.2, -0.15) is 0 Å². The van der Waals surface area contributed by atoms with Gasteiger partial charge in [-0.05, 0) is 18.2 Å². The van der Waals surface area contributed by atoms with E-state index in [0.717, 1.165) is 16.9 Å². The summed E-state index contributed by atoms with van der Waals surface area (Å²) in [5.74, 6) is -0.0228. The molecule has 0 aliphatic carbocycles. The maximum atomic E-state index is 12.8. The molecule has 0 fully saturated rings. The first kappa shape index (κ1) is 19.7. The standard InChI is InChI=1S/C19H16ClN3O4S/c1-26-14-9-8-12(20)10-13(14)16(24)22-17-15(11-6-4-3-5-7-11)21-18(28-17)23-19(25)27-2/h3-10H,1-2H3,(H,22,24)(H,21,23,25). The molecule has 3 aromatic rings. The van der Waals surface area contributed by atoms with Gasteiger partial charge in [-0.1, -0.05) is 53.3 Å². The molecular formula is C19H16ClN3O4S. The number of aromatic nitrogens is 1. The molecule has 0 saturated heterocycles. The van der Waals surface area contributed by atoms with Gasteiger partial charge in [0, 0.05) is 10.6 Å². The molecule has 0 aliphatic heterocycles. The Kier molecular flexibility index (Phi) is 6.13. The molecule has 1 heterocycles. The molecule has 144 valence electrons. The van der Waals surface area contributed by atoms with Gasteiger partial charge in [0.2, 0.25) is 0 Å². The summed E-state index contributed by atoms with van der Waals surface area (Å²) in [7, 11) is 2.73. The molecule has 28 heavy (non-hydrogen) atoms. The van der Waals surface area contributed by atoms with Crippen LogP contribution in [0.25, 0.3) is 11.3 Å². The van der Waals surface area contributed by atoms with Crippen LogP contribution in [0, 0.1) is 0 Å². The SMILES string of the molecule is COC(=O)Nc1nc(-c2ccccc2)c(NC(=O)c2cc(Cl)ccc2OC)s1. The number of nitrogens with one attached hydrogen (secondary N) is 2. The first-order valence-electron chi connectivity index (χ1n) is 8.08. The highest BCUT2D eigenvalue weighted by molar-refractivity contribution is 7.20. The Labute approximate surface area is 170 Å². The zero-order valence-corrected chi connectivity index (χ0v) is 16.6. The smallest absolute Gasteiger partial charge is 0.413 e. The Morgan fingerprint density at radius 3 is 2.50 bits per heavy atom. The third-order valence-corrected chi connectivity index (χ3v) is 4.82. The molecule has 0 unspecified atom stereocenters. The first-order valence-corrected chi connectivity index (χ1v) is 9.27. The average Bonchev–Trinajstić information content (AvgIpc) is 3.10. The van der Waals surface area contributed by atoms with E-state index in [0.29, 0.717) is 26.6 Å². The van der Waals surface area contributed by atoms with Crippen molar-refractivity contribution in [3.63, 3.8) is 0 Å².